The van der Waals surface area contributed by atoms with Gasteiger partial charge >= 0.3 is 0 Å². The summed E-state index contributed by atoms with van der Waals surface area (Å²) in [5.74, 6) is -0.469. The largest absolute Gasteiger partial charge is 0.392 e. The van der Waals surface area contributed by atoms with Crippen LogP contribution in [-0.2, 0) is 6.61 Å². The molecule has 5 heteroatoms. The van der Waals surface area contributed by atoms with E-state index in [0.29, 0.717) is 11.2 Å². The predicted octanol–water partition coefficient (Wildman–Crippen LogP) is 2.27. The van der Waals surface area contributed by atoms with Crippen LogP contribution in [-0.4, -0.2) is 16.0 Å². The zero-order valence-electron chi connectivity index (χ0n) is 11.7. The van der Waals surface area contributed by atoms with Gasteiger partial charge in [-0.05, 0) is 35.2 Å². The number of hydrogen-bond acceptors (Lipinski definition) is 3. The smallest absolute Gasteiger partial charge is 0.261 e. The summed E-state index contributed by atoms with van der Waals surface area (Å²) < 4.78 is 0. The Labute approximate surface area is 126 Å². The number of aliphatic hydroxyl groups excluding tert-OH is 1. The number of aromatic amines is 1. The monoisotopic (exact) mass is 294 g/mol. The van der Waals surface area contributed by atoms with Crippen molar-refractivity contribution in [1.82, 2.24) is 4.98 Å². The summed E-state index contributed by atoms with van der Waals surface area (Å²) in [5.41, 5.74) is 1.64. The van der Waals surface area contributed by atoms with E-state index in [0.717, 1.165) is 10.9 Å². The minimum absolute atomic E-state index is 0.0570. The lowest BCUT2D eigenvalue weighted by Crippen LogP contribution is -2.23. The molecule has 1 heterocycles. The molecule has 22 heavy (non-hydrogen) atoms. The van der Waals surface area contributed by atoms with Crippen LogP contribution in [0.3, 0.4) is 0 Å². The van der Waals surface area contributed by atoms with Gasteiger partial charge in [-0.25, -0.2) is 0 Å². The van der Waals surface area contributed by atoms with Crippen LogP contribution in [0.25, 0.3) is 10.9 Å². The van der Waals surface area contributed by atoms with Crippen LogP contribution in [0.5, 0.6) is 0 Å². The zero-order valence-corrected chi connectivity index (χ0v) is 11.7. The number of carbonyl (C=O) groups is 1. The van der Waals surface area contributed by atoms with Crippen LogP contribution in [0.2, 0.25) is 0 Å². The first-order valence-corrected chi connectivity index (χ1v) is 6.80. The Morgan fingerprint density at radius 2 is 1.82 bits per heavy atom. The topological polar surface area (TPSA) is 82.2 Å². The number of aromatic nitrogens is 1. The quantitative estimate of drug-likeness (QED) is 0.693. The van der Waals surface area contributed by atoms with Crippen LogP contribution in [0.1, 0.15) is 15.9 Å². The van der Waals surface area contributed by atoms with Crippen molar-refractivity contribution in [2.75, 3.05) is 5.32 Å². The molecule has 0 aliphatic heterocycles. The minimum atomic E-state index is -0.469. The predicted molar refractivity (Wildman–Crippen MR) is 84.9 cm³/mol. The van der Waals surface area contributed by atoms with Crippen LogP contribution in [0, 0.1) is 0 Å². The van der Waals surface area contributed by atoms with E-state index in [2.05, 4.69) is 10.3 Å². The molecule has 0 aliphatic carbocycles. The van der Waals surface area contributed by atoms with E-state index in [-0.39, 0.29) is 12.2 Å². The number of hydrogen-bond donors (Lipinski definition) is 3. The second kappa shape index (κ2) is 5.83. The van der Waals surface area contributed by atoms with Gasteiger partial charge in [0.15, 0.2) is 0 Å². The maximum atomic E-state index is 12.3. The number of aliphatic hydroxyl groups is 1. The van der Waals surface area contributed by atoms with Crippen molar-refractivity contribution in [3.05, 3.63) is 76.1 Å². The number of rotatable bonds is 3. The SMILES string of the molecule is O=C(Nc1ccc(CO)cc1)c1cc2ccccc2[nH]c1=O. The molecule has 0 spiro atoms. The molecular formula is C17H14N2O3. The first-order chi connectivity index (χ1) is 10.7. The maximum absolute atomic E-state index is 12.3. The lowest BCUT2D eigenvalue weighted by atomic mass is 10.1. The fraction of sp³-hybridized carbons (Fsp3) is 0.0588. The molecule has 0 radical (unpaired) electrons. The van der Waals surface area contributed by atoms with Crippen molar-refractivity contribution < 1.29 is 9.90 Å². The van der Waals surface area contributed by atoms with Gasteiger partial charge in [-0.3, -0.25) is 9.59 Å². The summed E-state index contributed by atoms with van der Waals surface area (Å²) >= 11 is 0. The number of H-pyrrole nitrogens is 1. The maximum Gasteiger partial charge on any atom is 0.261 e. The molecular weight excluding hydrogens is 280 g/mol. The second-order valence-corrected chi connectivity index (χ2v) is 4.91. The minimum Gasteiger partial charge on any atom is -0.392 e. The van der Waals surface area contributed by atoms with Crippen molar-refractivity contribution in [1.29, 1.82) is 0 Å². The highest BCUT2D eigenvalue weighted by Gasteiger charge is 2.12. The van der Waals surface area contributed by atoms with Crippen molar-refractivity contribution in [2.24, 2.45) is 0 Å². The van der Waals surface area contributed by atoms with E-state index in [1.807, 2.05) is 18.2 Å². The summed E-state index contributed by atoms with van der Waals surface area (Å²) in [6.45, 7) is -0.0570. The first kappa shape index (κ1) is 14.0. The highest BCUT2D eigenvalue weighted by atomic mass is 16.3. The Hall–Kier alpha value is -2.92. The third-order valence-corrected chi connectivity index (χ3v) is 3.39. The molecule has 110 valence electrons. The standard InChI is InChI=1S/C17H14N2O3/c20-10-11-5-7-13(8-6-11)18-16(21)14-9-12-3-1-2-4-15(12)19-17(14)22/h1-9,20H,10H2,(H,18,21)(H,19,22). The van der Waals surface area contributed by atoms with Crippen LogP contribution >= 0.6 is 0 Å². The molecule has 1 amide bonds. The Bertz CT molecular complexity index is 882. The van der Waals surface area contributed by atoms with Gasteiger partial charge in [0.25, 0.3) is 11.5 Å². The van der Waals surface area contributed by atoms with Gasteiger partial charge in [-0.2, -0.15) is 0 Å². The van der Waals surface area contributed by atoms with E-state index in [9.17, 15) is 9.59 Å². The lowest BCUT2D eigenvalue weighted by Gasteiger charge is -2.06. The number of nitrogens with one attached hydrogen (secondary N) is 2. The summed E-state index contributed by atoms with van der Waals surface area (Å²) in [4.78, 5) is 27.0. The molecule has 0 saturated heterocycles. The number of carbonyl (C=O) groups excluding carboxylic acids is 1. The Morgan fingerprint density at radius 3 is 2.55 bits per heavy atom. The fourth-order valence-corrected chi connectivity index (χ4v) is 2.21. The lowest BCUT2D eigenvalue weighted by molar-refractivity contribution is 0.102. The molecule has 0 unspecified atom stereocenters. The Morgan fingerprint density at radius 1 is 1.09 bits per heavy atom. The molecule has 3 N–H and O–H groups in total. The number of fused-ring (bicyclic) bond motifs is 1. The number of anilines is 1. The van der Waals surface area contributed by atoms with Crippen molar-refractivity contribution in [3.8, 4) is 0 Å². The zero-order chi connectivity index (χ0) is 15.5. The average molecular weight is 294 g/mol. The van der Waals surface area contributed by atoms with Crippen LogP contribution in [0.4, 0.5) is 5.69 Å². The highest BCUT2D eigenvalue weighted by molar-refractivity contribution is 6.05. The molecule has 2 aromatic carbocycles. The van der Waals surface area contributed by atoms with E-state index in [1.54, 1.807) is 36.4 Å². The number of amides is 1. The van der Waals surface area contributed by atoms with Gasteiger partial charge in [0.1, 0.15) is 5.56 Å². The van der Waals surface area contributed by atoms with Crippen LogP contribution in [0.15, 0.2) is 59.4 Å². The third kappa shape index (κ3) is 2.75. The molecule has 0 saturated carbocycles. The van der Waals surface area contributed by atoms with Gasteiger partial charge in [-0.1, -0.05) is 30.3 Å². The summed E-state index contributed by atoms with van der Waals surface area (Å²) in [7, 11) is 0. The van der Waals surface area contributed by atoms with E-state index < -0.39 is 11.5 Å². The van der Waals surface area contributed by atoms with Crippen molar-refractivity contribution >= 4 is 22.5 Å². The molecule has 0 bridgehead atoms. The van der Waals surface area contributed by atoms with Gasteiger partial charge < -0.3 is 15.4 Å². The second-order valence-electron chi connectivity index (χ2n) is 4.91. The molecule has 0 atom stereocenters. The third-order valence-electron chi connectivity index (χ3n) is 3.39. The molecule has 1 aromatic heterocycles. The van der Waals surface area contributed by atoms with E-state index in [1.165, 1.54) is 0 Å². The molecule has 5 nitrogen and oxygen atoms in total. The Kier molecular flexibility index (Phi) is 3.72. The van der Waals surface area contributed by atoms with Gasteiger partial charge in [0, 0.05) is 11.2 Å². The molecule has 3 rings (SSSR count). The molecule has 3 aromatic rings. The Balaban J connectivity index is 1.91. The highest BCUT2D eigenvalue weighted by Crippen LogP contribution is 2.13. The van der Waals surface area contributed by atoms with Gasteiger partial charge in [-0.15, -0.1) is 0 Å². The van der Waals surface area contributed by atoms with Crippen molar-refractivity contribution in [3.63, 3.8) is 0 Å². The number of pyridine rings is 1. The fourth-order valence-electron chi connectivity index (χ4n) is 2.21. The van der Waals surface area contributed by atoms with Crippen molar-refractivity contribution in [2.45, 2.75) is 6.61 Å². The summed E-state index contributed by atoms with van der Waals surface area (Å²) in [6.07, 6.45) is 0. The molecule has 0 aliphatic rings. The van der Waals surface area contributed by atoms with Crippen LogP contribution < -0.4 is 10.9 Å². The summed E-state index contributed by atoms with van der Waals surface area (Å²) in [5, 5.41) is 12.5. The first-order valence-electron chi connectivity index (χ1n) is 6.80. The molecule has 0 fully saturated rings. The van der Waals surface area contributed by atoms with E-state index in [4.69, 9.17) is 5.11 Å². The number of benzene rings is 2. The summed E-state index contributed by atoms with van der Waals surface area (Å²) in [6, 6.07) is 15.6. The number of para-hydroxylation sites is 1. The van der Waals surface area contributed by atoms with Gasteiger partial charge in [0.05, 0.1) is 6.61 Å². The normalized spacial score (nSPS) is 10.6. The van der Waals surface area contributed by atoms with Gasteiger partial charge in [0.2, 0.25) is 0 Å². The average Bonchev–Trinajstić information content (AvgIpc) is 2.54. The van der Waals surface area contributed by atoms with E-state index >= 15 is 0 Å².